The summed E-state index contributed by atoms with van der Waals surface area (Å²) in [6.07, 6.45) is 3.65. The minimum absolute atomic E-state index is 0.0217. The van der Waals surface area contributed by atoms with Gasteiger partial charge in [-0.2, -0.15) is 0 Å². The highest BCUT2D eigenvalue weighted by Gasteiger charge is 2.13. The highest BCUT2D eigenvalue weighted by molar-refractivity contribution is 7.10. The minimum atomic E-state index is -0.0853. The molecule has 0 aliphatic heterocycles. The molecule has 0 saturated carbocycles. The number of methoxy groups -OCH3 is 1. The summed E-state index contributed by atoms with van der Waals surface area (Å²) in [5.41, 5.74) is 0.907. The fourth-order valence-corrected chi connectivity index (χ4v) is 2.53. The summed E-state index contributed by atoms with van der Waals surface area (Å²) in [5, 5.41) is 4.88. The lowest BCUT2D eigenvalue weighted by Gasteiger charge is -2.14. The van der Waals surface area contributed by atoms with Crippen molar-refractivity contribution in [3.05, 3.63) is 52.5 Å². The Morgan fingerprint density at radius 1 is 1.47 bits per heavy atom. The molecule has 0 unspecified atom stereocenters. The number of carbonyl (C=O) groups excluding carboxylic acids is 1. The molecule has 1 amide bonds. The van der Waals surface area contributed by atoms with E-state index in [1.807, 2.05) is 29.6 Å². The van der Waals surface area contributed by atoms with Crippen molar-refractivity contribution < 1.29 is 9.53 Å². The van der Waals surface area contributed by atoms with Gasteiger partial charge in [-0.15, -0.1) is 11.3 Å². The number of nitrogens with one attached hydrogen (secondary N) is 1. The largest absolute Gasteiger partial charge is 0.374 e. The Balaban J connectivity index is 1.83. The Hall–Kier alpha value is -1.72. The monoisotopic (exact) mass is 276 g/mol. The topological polar surface area (TPSA) is 51.2 Å². The van der Waals surface area contributed by atoms with E-state index >= 15 is 0 Å². The first kappa shape index (κ1) is 13.7. The van der Waals surface area contributed by atoms with Crippen molar-refractivity contribution in [2.24, 2.45) is 0 Å². The molecule has 0 aliphatic carbocycles. The van der Waals surface area contributed by atoms with Crippen LogP contribution < -0.4 is 5.32 Å². The van der Waals surface area contributed by atoms with E-state index in [0.29, 0.717) is 13.0 Å². The van der Waals surface area contributed by atoms with Crippen LogP contribution in [-0.2, 0) is 16.0 Å². The number of amides is 1. The Morgan fingerprint density at radius 2 is 2.37 bits per heavy atom. The second-order valence-electron chi connectivity index (χ2n) is 4.08. The summed E-state index contributed by atoms with van der Waals surface area (Å²) in [6.45, 7) is 0.482. The molecule has 0 aromatic carbocycles. The van der Waals surface area contributed by atoms with Crippen LogP contribution in [0.15, 0.2) is 42.0 Å². The molecule has 0 spiro atoms. The number of ether oxygens (including phenoxy) is 1. The van der Waals surface area contributed by atoms with E-state index in [1.54, 1.807) is 30.8 Å². The second-order valence-corrected chi connectivity index (χ2v) is 5.06. The number of carbonyl (C=O) groups is 1. The van der Waals surface area contributed by atoms with Gasteiger partial charge in [-0.1, -0.05) is 12.1 Å². The molecule has 0 saturated heterocycles. The highest BCUT2D eigenvalue weighted by Crippen LogP contribution is 2.20. The second kappa shape index (κ2) is 7.01. The molecule has 2 rings (SSSR count). The van der Waals surface area contributed by atoms with Gasteiger partial charge in [0.05, 0.1) is 6.42 Å². The summed E-state index contributed by atoms with van der Waals surface area (Å²) in [5.74, 6) is -0.0217. The van der Waals surface area contributed by atoms with Gasteiger partial charge in [0.2, 0.25) is 5.91 Å². The predicted octanol–water partition coefficient (Wildman–Crippen LogP) is 2.19. The summed E-state index contributed by atoms with van der Waals surface area (Å²) >= 11 is 1.62. The third kappa shape index (κ3) is 4.15. The number of aromatic nitrogens is 1. The van der Waals surface area contributed by atoms with Crippen molar-refractivity contribution in [1.82, 2.24) is 10.3 Å². The molecular formula is C14H16N2O2S. The van der Waals surface area contributed by atoms with Gasteiger partial charge >= 0.3 is 0 Å². The highest BCUT2D eigenvalue weighted by atomic mass is 32.1. The van der Waals surface area contributed by atoms with E-state index in [0.717, 1.165) is 10.4 Å². The third-order valence-electron chi connectivity index (χ3n) is 2.72. The molecule has 2 aromatic rings. The third-order valence-corrected chi connectivity index (χ3v) is 3.68. The van der Waals surface area contributed by atoms with Crippen LogP contribution in [0.4, 0.5) is 0 Å². The van der Waals surface area contributed by atoms with Gasteiger partial charge in [0, 0.05) is 30.9 Å². The van der Waals surface area contributed by atoms with Crippen LogP contribution in [0.2, 0.25) is 0 Å². The first-order valence-electron chi connectivity index (χ1n) is 6.01. The lowest BCUT2D eigenvalue weighted by Crippen LogP contribution is -2.30. The summed E-state index contributed by atoms with van der Waals surface area (Å²) in [7, 11) is 1.65. The molecule has 19 heavy (non-hydrogen) atoms. The Labute approximate surface area is 116 Å². The SMILES string of the molecule is CO[C@H](CNC(=O)Cc1cccnc1)c1cccs1. The molecule has 1 atom stereocenters. The summed E-state index contributed by atoms with van der Waals surface area (Å²) in [6, 6.07) is 7.70. The average molecular weight is 276 g/mol. The standard InChI is InChI=1S/C14H16N2O2S/c1-18-12(13-5-3-7-19-13)10-16-14(17)8-11-4-2-6-15-9-11/h2-7,9,12H,8,10H2,1H3,(H,16,17)/t12-/m1/s1. The van der Waals surface area contributed by atoms with Crippen LogP contribution in [0.1, 0.15) is 16.5 Å². The molecular weight excluding hydrogens is 260 g/mol. The predicted molar refractivity (Wildman–Crippen MR) is 75.0 cm³/mol. The normalized spacial score (nSPS) is 12.1. The lowest BCUT2D eigenvalue weighted by molar-refractivity contribution is -0.121. The minimum Gasteiger partial charge on any atom is -0.374 e. The number of nitrogens with zero attached hydrogens (tertiary/aromatic N) is 1. The van der Waals surface area contributed by atoms with Gasteiger partial charge in [0.1, 0.15) is 6.10 Å². The van der Waals surface area contributed by atoms with Gasteiger partial charge in [-0.3, -0.25) is 9.78 Å². The van der Waals surface area contributed by atoms with Crippen LogP contribution in [-0.4, -0.2) is 24.5 Å². The smallest absolute Gasteiger partial charge is 0.224 e. The lowest BCUT2D eigenvalue weighted by atomic mass is 10.2. The van der Waals surface area contributed by atoms with Crippen molar-refractivity contribution >= 4 is 17.2 Å². The van der Waals surface area contributed by atoms with Gasteiger partial charge in [-0.05, 0) is 23.1 Å². The van der Waals surface area contributed by atoms with E-state index in [4.69, 9.17) is 4.74 Å². The number of hydrogen-bond acceptors (Lipinski definition) is 4. The van der Waals surface area contributed by atoms with Crippen LogP contribution >= 0.6 is 11.3 Å². The van der Waals surface area contributed by atoms with E-state index < -0.39 is 0 Å². The van der Waals surface area contributed by atoms with E-state index in [-0.39, 0.29) is 12.0 Å². The Kier molecular flexibility index (Phi) is 5.06. The van der Waals surface area contributed by atoms with Crippen LogP contribution in [0.5, 0.6) is 0 Å². The maximum atomic E-state index is 11.8. The van der Waals surface area contributed by atoms with Crippen molar-refractivity contribution in [2.45, 2.75) is 12.5 Å². The number of hydrogen-bond donors (Lipinski definition) is 1. The molecule has 100 valence electrons. The molecule has 1 N–H and O–H groups in total. The Bertz CT molecular complexity index is 499. The molecule has 2 aromatic heterocycles. The number of thiophene rings is 1. The molecule has 0 radical (unpaired) electrons. The van der Waals surface area contributed by atoms with Gasteiger partial charge in [-0.25, -0.2) is 0 Å². The maximum Gasteiger partial charge on any atom is 0.224 e. The summed E-state index contributed by atoms with van der Waals surface area (Å²) < 4.78 is 5.38. The quantitative estimate of drug-likeness (QED) is 0.880. The molecule has 0 bridgehead atoms. The van der Waals surface area contributed by atoms with E-state index in [9.17, 15) is 4.79 Å². The zero-order chi connectivity index (χ0) is 13.5. The molecule has 0 fully saturated rings. The van der Waals surface area contributed by atoms with E-state index in [1.165, 1.54) is 0 Å². The van der Waals surface area contributed by atoms with Crippen molar-refractivity contribution in [3.8, 4) is 0 Å². The maximum absolute atomic E-state index is 11.8. The fraction of sp³-hybridized carbons (Fsp3) is 0.286. The van der Waals surface area contributed by atoms with Crippen molar-refractivity contribution in [3.63, 3.8) is 0 Å². The summed E-state index contributed by atoms with van der Waals surface area (Å²) in [4.78, 5) is 16.9. The number of pyridine rings is 1. The van der Waals surface area contributed by atoms with Crippen molar-refractivity contribution in [1.29, 1.82) is 0 Å². The van der Waals surface area contributed by atoms with Crippen LogP contribution in [0.25, 0.3) is 0 Å². The van der Waals surface area contributed by atoms with E-state index in [2.05, 4.69) is 10.3 Å². The Morgan fingerprint density at radius 3 is 3.00 bits per heavy atom. The van der Waals surface area contributed by atoms with Crippen LogP contribution in [0, 0.1) is 0 Å². The van der Waals surface area contributed by atoms with Gasteiger partial charge in [0.25, 0.3) is 0 Å². The molecule has 0 aliphatic rings. The number of rotatable bonds is 6. The zero-order valence-electron chi connectivity index (χ0n) is 10.7. The molecule has 5 heteroatoms. The average Bonchev–Trinajstić information content (AvgIpc) is 2.95. The molecule has 4 nitrogen and oxygen atoms in total. The first-order chi connectivity index (χ1) is 9.29. The molecule has 2 heterocycles. The first-order valence-corrected chi connectivity index (χ1v) is 6.89. The van der Waals surface area contributed by atoms with Crippen molar-refractivity contribution in [2.75, 3.05) is 13.7 Å². The van der Waals surface area contributed by atoms with Crippen LogP contribution in [0.3, 0.4) is 0 Å². The van der Waals surface area contributed by atoms with Gasteiger partial charge in [0.15, 0.2) is 0 Å². The zero-order valence-corrected chi connectivity index (χ0v) is 11.5. The fourth-order valence-electron chi connectivity index (χ4n) is 1.73. The van der Waals surface area contributed by atoms with Gasteiger partial charge < -0.3 is 10.1 Å².